The Labute approximate surface area is 72.9 Å². The average Bonchev–Trinajstić information content (AvgIpc) is 2.41. The zero-order valence-corrected chi connectivity index (χ0v) is 6.91. The van der Waals surface area contributed by atoms with Crippen LogP contribution in [0.3, 0.4) is 0 Å². The predicted octanol–water partition coefficient (Wildman–Crippen LogP) is -1.75. The minimum absolute atomic E-state index is 0.793. The van der Waals surface area contributed by atoms with E-state index in [4.69, 9.17) is 19.8 Å². The molecule has 0 aliphatic carbocycles. The Morgan fingerprint density at radius 1 is 1.09 bits per heavy atom. The van der Waals surface area contributed by atoms with Crippen molar-refractivity contribution in [2.75, 3.05) is 13.1 Å². The first-order chi connectivity index (χ1) is 5.14. The minimum Gasteiger partial charge on any atom is -0.473 e. The normalized spacial score (nSPS) is 15.6. The van der Waals surface area contributed by atoms with Gasteiger partial charge in [0.25, 0.3) is 0 Å². The van der Waals surface area contributed by atoms with Gasteiger partial charge in [0.15, 0.2) is 0 Å². The van der Waals surface area contributed by atoms with Crippen molar-refractivity contribution in [2.24, 2.45) is 0 Å². The first kappa shape index (κ1) is 10.6. The number of hydrogen-bond donors (Lipinski definition) is 4. The third-order valence-electron chi connectivity index (χ3n) is 0.565. The predicted molar refractivity (Wildman–Crippen MR) is 31.3 cm³/mol. The molecule has 0 aromatic rings. The molecule has 0 radical (unpaired) electrons. The second-order valence-corrected chi connectivity index (χ2v) is 2.82. The van der Waals surface area contributed by atoms with Crippen LogP contribution < -0.4 is 7.44 Å². The molecule has 0 unspecified atom stereocenters. The number of aliphatic carboxylic acids is 2. The monoisotopic (exact) mass is 255 g/mol. The first-order valence-electron chi connectivity index (χ1n) is 2.61. The van der Waals surface area contributed by atoms with E-state index in [0.717, 1.165) is 33.4 Å². The topological polar surface area (TPSA) is 98.7 Å². The summed E-state index contributed by atoms with van der Waals surface area (Å²) in [7, 11) is 0. The van der Waals surface area contributed by atoms with E-state index in [9.17, 15) is 0 Å². The Hall–Kier alpha value is -0.400. The van der Waals surface area contributed by atoms with Gasteiger partial charge in [0.1, 0.15) is 0 Å². The zero-order chi connectivity index (χ0) is 8.69. The molecule has 1 heterocycles. The van der Waals surface area contributed by atoms with Gasteiger partial charge in [-0.3, -0.25) is 0 Å². The molecule has 1 aliphatic heterocycles. The standard InChI is InChI=1S/C2H6N2.C2H2O4.Ag/c3-1-2-4;3-1(4)2(5)6;/h3-4H,1-2H2;(H,3,4)(H,5,6);/q-2;;+2. The van der Waals surface area contributed by atoms with Crippen LogP contribution in [0.25, 0.3) is 0 Å². The molecular weight excluding hydrogens is 248 g/mol. The second-order valence-electron chi connectivity index (χ2n) is 1.40. The Morgan fingerprint density at radius 3 is 1.55 bits per heavy atom. The molecule has 0 aromatic carbocycles. The molecule has 0 saturated carbocycles. The molecule has 1 aliphatic rings. The van der Waals surface area contributed by atoms with Crippen LogP contribution >= 0.6 is 0 Å². The summed E-state index contributed by atoms with van der Waals surface area (Å²) in [5.41, 5.74) is 0. The van der Waals surface area contributed by atoms with Gasteiger partial charge in [-0.25, -0.2) is 9.59 Å². The molecule has 1 saturated heterocycles. The summed E-state index contributed by atoms with van der Waals surface area (Å²) in [5.74, 6) is -3.65. The van der Waals surface area contributed by atoms with Gasteiger partial charge in [0, 0.05) is 0 Å². The summed E-state index contributed by atoms with van der Waals surface area (Å²) in [6.45, 7) is 2.30. The Kier molecular flexibility index (Phi) is 6.09. The van der Waals surface area contributed by atoms with E-state index in [1.54, 1.807) is 0 Å². The van der Waals surface area contributed by atoms with Crippen molar-refractivity contribution in [2.45, 2.75) is 0 Å². The van der Waals surface area contributed by atoms with E-state index in [2.05, 4.69) is 7.44 Å². The summed E-state index contributed by atoms with van der Waals surface area (Å²) in [4.78, 5) is 18.2. The van der Waals surface area contributed by atoms with Crippen molar-refractivity contribution in [3.8, 4) is 0 Å². The van der Waals surface area contributed by atoms with Crippen LogP contribution in [0.15, 0.2) is 0 Å². The van der Waals surface area contributed by atoms with Gasteiger partial charge >= 0.3 is 52.7 Å². The maximum absolute atomic E-state index is 9.10. The van der Waals surface area contributed by atoms with Crippen molar-refractivity contribution in [3.05, 3.63) is 0 Å². The van der Waals surface area contributed by atoms with Crippen molar-refractivity contribution < 1.29 is 40.1 Å². The molecule has 11 heavy (non-hydrogen) atoms. The van der Waals surface area contributed by atoms with E-state index >= 15 is 0 Å². The van der Waals surface area contributed by atoms with Gasteiger partial charge in [-0.1, -0.05) is 0 Å². The molecule has 1 fully saturated rings. The quantitative estimate of drug-likeness (QED) is 0.303. The molecule has 7 heteroatoms. The SMILES string of the molecule is C1C[NH][Ag][NH]1.O=C(O)C(=O)O. The van der Waals surface area contributed by atoms with Gasteiger partial charge in [-0.15, -0.1) is 0 Å². The van der Waals surface area contributed by atoms with Gasteiger partial charge in [-0.05, 0) is 0 Å². The fraction of sp³-hybridized carbons (Fsp3) is 0.500. The largest absolute Gasteiger partial charge is 0.473 e. The Bertz CT molecular complexity index is 127. The second kappa shape index (κ2) is 6.32. The summed E-state index contributed by atoms with van der Waals surface area (Å²) in [6.07, 6.45) is 0. The fourth-order valence-corrected chi connectivity index (χ4v) is 1.11. The van der Waals surface area contributed by atoms with Crippen molar-refractivity contribution in [1.29, 1.82) is 0 Å². The summed E-state index contributed by atoms with van der Waals surface area (Å²) in [6, 6.07) is 0. The number of carboxylic acid groups (broad SMARTS) is 2. The summed E-state index contributed by atoms with van der Waals surface area (Å²) >= 11 is 0.793. The number of hydrogen-bond acceptors (Lipinski definition) is 4. The van der Waals surface area contributed by atoms with Crippen molar-refractivity contribution in [1.82, 2.24) is 7.44 Å². The van der Waals surface area contributed by atoms with E-state index in [1.807, 2.05) is 0 Å². The van der Waals surface area contributed by atoms with Crippen LogP contribution in [0.1, 0.15) is 0 Å². The van der Waals surface area contributed by atoms with E-state index < -0.39 is 11.9 Å². The van der Waals surface area contributed by atoms with Crippen LogP contribution in [0, 0.1) is 0 Å². The third kappa shape index (κ3) is 7.50. The van der Waals surface area contributed by atoms with Gasteiger partial charge in [0.05, 0.1) is 0 Å². The smallest absolute Gasteiger partial charge is 0.414 e. The summed E-state index contributed by atoms with van der Waals surface area (Å²) in [5, 5.41) is 14.8. The van der Waals surface area contributed by atoms with E-state index in [-0.39, 0.29) is 0 Å². The molecule has 1 rings (SSSR count). The first-order valence-corrected chi connectivity index (χ1v) is 4.10. The number of rotatable bonds is 0. The van der Waals surface area contributed by atoms with Crippen LogP contribution in [-0.4, -0.2) is 35.2 Å². The summed E-state index contributed by atoms with van der Waals surface area (Å²) < 4.78 is 6.28. The maximum atomic E-state index is 9.10. The van der Waals surface area contributed by atoms with Gasteiger partial charge < -0.3 is 10.2 Å². The third-order valence-corrected chi connectivity index (χ3v) is 1.83. The average molecular weight is 256 g/mol. The van der Waals surface area contributed by atoms with Gasteiger partial charge in [-0.2, -0.15) is 0 Å². The number of carboxylic acids is 2. The molecule has 0 aromatic heterocycles. The zero-order valence-electron chi connectivity index (χ0n) is 5.43. The van der Waals surface area contributed by atoms with E-state index in [1.165, 1.54) is 0 Å². The fourth-order valence-electron chi connectivity index (χ4n) is 0.188. The van der Waals surface area contributed by atoms with Crippen LogP contribution in [0.4, 0.5) is 0 Å². The minimum atomic E-state index is -1.82. The Balaban J connectivity index is 0.000000183. The molecular formula is C4H8AgN2O4. The molecule has 0 bridgehead atoms. The van der Waals surface area contributed by atoms with Crippen LogP contribution in [0.2, 0.25) is 0 Å². The van der Waals surface area contributed by atoms with E-state index in [0.29, 0.717) is 0 Å². The molecule has 0 amide bonds. The molecule has 4 N–H and O–H groups in total. The van der Waals surface area contributed by atoms with Crippen LogP contribution in [-0.2, 0) is 29.9 Å². The molecule has 0 atom stereocenters. The number of carbonyl (C=O) groups is 2. The Morgan fingerprint density at radius 2 is 1.45 bits per heavy atom. The molecule has 69 valence electrons. The van der Waals surface area contributed by atoms with Crippen molar-refractivity contribution in [3.63, 3.8) is 0 Å². The van der Waals surface area contributed by atoms with Crippen molar-refractivity contribution >= 4 is 11.9 Å². The van der Waals surface area contributed by atoms with Gasteiger partial charge in [0.2, 0.25) is 0 Å². The number of nitrogens with one attached hydrogen (secondary N) is 2. The molecule has 6 nitrogen and oxygen atoms in total. The van der Waals surface area contributed by atoms with Crippen LogP contribution in [0.5, 0.6) is 0 Å². The molecule has 0 spiro atoms. The maximum Gasteiger partial charge on any atom is 0.414 e.